The van der Waals surface area contributed by atoms with E-state index in [9.17, 15) is 9.59 Å². The summed E-state index contributed by atoms with van der Waals surface area (Å²) in [6, 6.07) is 22.4. The van der Waals surface area contributed by atoms with Gasteiger partial charge in [0.1, 0.15) is 0 Å². The van der Waals surface area contributed by atoms with Crippen molar-refractivity contribution >= 4 is 34.7 Å². The average molecular weight is 642 g/mol. The first kappa shape index (κ1) is 38.6. The molecule has 224 valence electrons. The number of benzene rings is 4. The first-order valence-electron chi connectivity index (χ1n) is 12.8. The van der Waals surface area contributed by atoms with Crippen LogP contribution in [0.15, 0.2) is 72.8 Å². The second kappa shape index (κ2) is 17.5. The first-order chi connectivity index (χ1) is 19.0. The monoisotopic (exact) mass is 640 g/mol. The molecule has 0 aliphatic rings. The molecule has 0 saturated heterocycles. The Kier molecular flexibility index (Phi) is 15.7. The SMILES string of the molecule is Cc1ccc(NCc2cccc(C(=O)O)c2N)c(C)c1.Cc1ccc(NCc2cccc(C(=O)O)c2N)c(C)c1.O.O.[Zn+2]. The van der Waals surface area contributed by atoms with Crippen molar-refractivity contribution in [2.75, 3.05) is 22.1 Å². The average Bonchev–Trinajstić information content (AvgIpc) is 2.89. The third kappa shape index (κ3) is 10.4. The number of rotatable bonds is 8. The summed E-state index contributed by atoms with van der Waals surface area (Å²) in [6.45, 7) is 9.16. The Hall–Kier alpha value is -4.44. The summed E-state index contributed by atoms with van der Waals surface area (Å²) < 4.78 is 0. The number of nitrogens with two attached hydrogens (primary N) is 2. The molecule has 0 saturated carbocycles. The number of nitrogen functional groups attached to an aromatic ring is 2. The van der Waals surface area contributed by atoms with E-state index in [-0.39, 0.29) is 41.6 Å². The normalized spacial score (nSPS) is 9.58. The fourth-order valence-electron chi connectivity index (χ4n) is 4.31. The van der Waals surface area contributed by atoms with Crippen LogP contribution in [0.1, 0.15) is 54.1 Å². The Labute approximate surface area is 264 Å². The van der Waals surface area contributed by atoms with Gasteiger partial charge in [-0.15, -0.1) is 0 Å². The van der Waals surface area contributed by atoms with Gasteiger partial charge < -0.3 is 43.3 Å². The quantitative estimate of drug-likeness (QED) is 0.116. The molecule has 0 aromatic heterocycles. The van der Waals surface area contributed by atoms with Crippen LogP contribution in [0.4, 0.5) is 22.7 Å². The molecule has 0 aliphatic carbocycles. The van der Waals surface area contributed by atoms with Crippen molar-refractivity contribution in [2.45, 2.75) is 40.8 Å². The molecule has 4 aromatic rings. The van der Waals surface area contributed by atoms with Gasteiger partial charge in [-0.25, -0.2) is 9.59 Å². The van der Waals surface area contributed by atoms with Crippen molar-refractivity contribution in [1.29, 1.82) is 0 Å². The maximum atomic E-state index is 11.0. The topological polar surface area (TPSA) is 214 Å². The van der Waals surface area contributed by atoms with Crippen LogP contribution in [0.5, 0.6) is 0 Å². The van der Waals surface area contributed by atoms with Crippen LogP contribution in [0.25, 0.3) is 0 Å². The Balaban J connectivity index is 0.000000767. The summed E-state index contributed by atoms with van der Waals surface area (Å²) in [5.74, 6) is -2.01. The number of aromatic carboxylic acids is 2. The van der Waals surface area contributed by atoms with Gasteiger partial charge in [-0.1, -0.05) is 59.7 Å². The van der Waals surface area contributed by atoms with E-state index in [1.165, 1.54) is 23.3 Å². The zero-order valence-corrected chi connectivity index (χ0v) is 27.9. The molecule has 0 amide bonds. The minimum Gasteiger partial charge on any atom is -0.478 e. The van der Waals surface area contributed by atoms with Gasteiger partial charge in [-0.3, -0.25) is 0 Å². The standard InChI is InChI=1S/2C16H18N2O2.2H2O.Zn/c2*1-10-6-7-14(11(2)8-10)18-9-12-4-3-5-13(15(12)17)16(19)20;;;/h2*3-8,18H,9,17H2,1-2H3,(H,19,20);2*1H2;/q;;;;+2. The van der Waals surface area contributed by atoms with Crippen LogP contribution in [-0.2, 0) is 32.6 Å². The fourth-order valence-corrected chi connectivity index (χ4v) is 4.31. The number of hydrogen-bond donors (Lipinski definition) is 6. The summed E-state index contributed by atoms with van der Waals surface area (Å²) in [7, 11) is 0. The van der Waals surface area contributed by atoms with E-state index in [0.717, 1.165) is 33.6 Å². The number of carboxylic acid groups (broad SMARTS) is 2. The van der Waals surface area contributed by atoms with Gasteiger partial charge in [0.15, 0.2) is 0 Å². The van der Waals surface area contributed by atoms with Crippen molar-refractivity contribution in [3.05, 3.63) is 117 Å². The third-order valence-corrected chi connectivity index (χ3v) is 6.56. The predicted molar refractivity (Wildman–Crippen MR) is 169 cm³/mol. The molecule has 11 heteroatoms. The van der Waals surface area contributed by atoms with Crippen LogP contribution in [0, 0.1) is 27.7 Å². The smallest absolute Gasteiger partial charge is 0.478 e. The molecule has 0 unspecified atom stereocenters. The van der Waals surface area contributed by atoms with Crippen LogP contribution in [0.3, 0.4) is 0 Å². The first-order valence-corrected chi connectivity index (χ1v) is 12.8. The van der Waals surface area contributed by atoms with Gasteiger partial charge in [0.05, 0.1) is 22.5 Å². The molecule has 4 aromatic carbocycles. The molecule has 0 atom stereocenters. The van der Waals surface area contributed by atoms with Gasteiger partial charge in [0, 0.05) is 24.5 Å². The fraction of sp³-hybridized carbons (Fsp3) is 0.188. The predicted octanol–water partition coefficient (Wildman–Crippen LogP) is 4.74. The van der Waals surface area contributed by atoms with E-state index in [2.05, 4.69) is 22.8 Å². The molecular formula is C32H40N4O6Zn+2. The van der Waals surface area contributed by atoms with Gasteiger partial charge in [-0.2, -0.15) is 0 Å². The molecule has 0 bridgehead atoms. The zero-order valence-electron chi connectivity index (χ0n) is 24.9. The van der Waals surface area contributed by atoms with Crippen molar-refractivity contribution < 1.29 is 50.2 Å². The van der Waals surface area contributed by atoms with Gasteiger partial charge in [0.25, 0.3) is 0 Å². The maximum Gasteiger partial charge on any atom is 2.00 e. The molecular weight excluding hydrogens is 602 g/mol. The summed E-state index contributed by atoms with van der Waals surface area (Å²) in [6.07, 6.45) is 0. The minimum atomic E-state index is -1.00. The maximum absolute atomic E-state index is 11.0. The molecule has 0 radical (unpaired) electrons. The number of carbonyl (C=O) groups is 2. The molecule has 4 rings (SSSR count). The molecule has 0 spiro atoms. The molecule has 0 heterocycles. The third-order valence-electron chi connectivity index (χ3n) is 6.56. The van der Waals surface area contributed by atoms with Crippen LogP contribution in [-0.4, -0.2) is 33.1 Å². The number of aryl methyl sites for hydroxylation is 4. The summed E-state index contributed by atoms with van der Waals surface area (Å²) in [4.78, 5) is 22.1. The van der Waals surface area contributed by atoms with E-state index >= 15 is 0 Å². The van der Waals surface area contributed by atoms with Gasteiger partial charge in [-0.05, 0) is 74.2 Å². The van der Waals surface area contributed by atoms with Crippen LogP contribution in [0.2, 0.25) is 0 Å². The van der Waals surface area contributed by atoms with E-state index in [1.807, 2.05) is 64.1 Å². The largest absolute Gasteiger partial charge is 2.00 e. The van der Waals surface area contributed by atoms with E-state index in [4.69, 9.17) is 21.7 Å². The summed E-state index contributed by atoms with van der Waals surface area (Å²) >= 11 is 0. The Morgan fingerprint density at radius 2 is 0.977 bits per heavy atom. The molecule has 0 fully saturated rings. The number of hydrogen-bond acceptors (Lipinski definition) is 6. The van der Waals surface area contributed by atoms with Crippen molar-refractivity contribution in [2.24, 2.45) is 0 Å². The van der Waals surface area contributed by atoms with Crippen LogP contribution < -0.4 is 22.1 Å². The van der Waals surface area contributed by atoms with Gasteiger partial charge in [0.2, 0.25) is 0 Å². The second-order valence-corrected chi connectivity index (χ2v) is 9.71. The van der Waals surface area contributed by atoms with Crippen molar-refractivity contribution in [3.8, 4) is 0 Å². The molecule has 10 nitrogen and oxygen atoms in total. The number of anilines is 4. The number of para-hydroxylation sites is 2. The van der Waals surface area contributed by atoms with Crippen LogP contribution >= 0.6 is 0 Å². The van der Waals surface area contributed by atoms with E-state index in [0.29, 0.717) is 24.5 Å². The summed E-state index contributed by atoms with van der Waals surface area (Å²) in [5.41, 5.74) is 21.0. The van der Waals surface area contributed by atoms with Gasteiger partial charge >= 0.3 is 31.4 Å². The number of nitrogens with one attached hydrogen (secondary N) is 2. The Morgan fingerprint density at radius 3 is 1.28 bits per heavy atom. The molecule has 0 aliphatic heterocycles. The molecule has 12 N–H and O–H groups in total. The van der Waals surface area contributed by atoms with Crippen molar-refractivity contribution in [3.63, 3.8) is 0 Å². The van der Waals surface area contributed by atoms with E-state index in [1.54, 1.807) is 12.1 Å². The second-order valence-electron chi connectivity index (χ2n) is 9.71. The Morgan fingerprint density at radius 1 is 0.628 bits per heavy atom. The van der Waals surface area contributed by atoms with E-state index < -0.39 is 11.9 Å². The zero-order chi connectivity index (χ0) is 29.4. The Bertz CT molecular complexity index is 1430. The minimum absolute atomic E-state index is 0. The van der Waals surface area contributed by atoms with Crippen molar-refractivity contribution in [1.82, 2.24) is 0 Å². The molecule has 43 heavy (non-hydrogen) atoms. The number of carboxylic acids is 2. The summed E-state index contributed by atoms with van der Waals surface area (Å²) in [5, 5.41) is 24.7.